The van der Waals surface area contributed by atoms with Crippen molar-refractivity contribution in [3.05, 3.63) is 10.6 Å². The Morgan fingerprint density at radius 3 is 2.56 bits per heavy atom. The van der Waals surface area contributed by atoms with Crippen molar-refractivity contribution in [2.75, 3.05) is 6.54 Å². The summed E-state index contributed by atoms with van der Waals surface area (Å²) >= 11 is 1.55. The molecule has 0 aromatic carbocycles. The highest BCUT2D eigenvalue weighted by Gasteiger charge is 2.20. The Hall–Kier alpha value is -0.480. The molecule has 1 aromatic rings. The molecular formula is C14H27N3S. The second kappa shape index (κ2) is 8.59. The van der Waals surface area contributed by atoms with Gasteiger partial charge in [0.05, 0.1) is 10.6 Å². The van der Waals surface area contributed by atoms with Gasteiger partial charge in [-0.3, -0.25) is 0 Å². The molecule has 0 aliphatic rings. The highest BCUT2D eigenvalue weighted by atomic mass is 32.1. The molecule has 4 heteroatoms. The van der Waals surface area contributed by atoms with Gasteiger partial charge >= 0.3 is 0 Å². The minimum Gasteiger partial charge on any atom is -0.309 e. The van der Waals surface area contributed by atoms with Crippen LogP contribution >= 0.6 is 11.5 Å². The third-order valence-corrected chi connectivity index (χ3v) is 4.51. The number of rotatable bonds is 9. The van der Waals surface area contributed by atoms with Crippen molar-refractivity contribution in [3.8, 4) is 0 Å². The van der Waals surface area contributed by atoms with Crippen LogP contribution in [0.5, 0.6) is 0 Å². The van der Waals surface area contributed by atoms with Crippen LogP contribution in [0.1, 0.15) is 69.5 Å². The standard InChI is InChI=1S/C14H27N3S/c1-5-8-9-12(6-2)10-13(15-7-3)14-11(4)16-17-18-14/h12-13,15H,5-10H2,1-4H3. The fourth-order valence-electron chi connectivity index (χ4n) is 2.40. The monoisotopic (exact) mass is 269 g/mol. The molecule has 1 N–H and O–H groups in total. The predicted octanol–water partition coefficient (Wildman–Crippen LogP) is 4.10. The molecular weight excluding hydrogens is 242 g/mol. The number of unbranched alkanes of at least 4 members (excludes halogenated alkanes) is 1. The van der Waals surface area contributed by atoms with Crippen LogP contribution in [0.2, 0.25) is 0 Å². The molecule has 104 valence electrons. The van der Waals surface area contributed by atoms with Gasteiger partial charge in [-0.1, -0.05) is 50.9 Å². The van der Waals surface area contributed by atoms with E-state index in [0.717, 1.165) is 18.2 Å². The fraction of sp³-hybridized carbons (Fsp3) is 0.857. The summed E-state index contributed by atoms with van der Waals surface area (Å²) in [6, 6.07) is 0.441. The lowest BCUT2D eigenvalue weighted by Gasteiger charge is -2.22. The van der Waals surface area contributed by atoms with Crippen molar-refractivity contribution in [1.82, 2.24) is 14.9 Å². The van der Waals surface area contributed by atoms with Crippen LogP contribution in [-0.2, 0) is 0 Å². The van der Waals surface area contributed by atoms with Crippen LogP contribution in [0, 0.1) is 12.8 Å². The molecule has 0 spiro atoms. The van der Waals surface area contributed by atoms with Crippen LogP contribution in [0.25, 0.3) is 0 Å². The molecule has 1 rings (SSSR count). The number of aromatic nitrogens is 2. The fourth-order valence-corrected chi connectivity index (χ4v) is 3.13. The first-order valence-corrected chi connectivity index (χ1v) is 8.02. The molecule has 0 aliphatic heterocycles. The van der Waals surface area contributed by atoms with E-state index in [1.54, 1.807) is 11.5 Å². The molecule has 18 heavy (non-hydrogen) atoms. The quantitative estimate of drug-likeness (QED) is 0.733. The summed E-state index contributed by atoms with van der Waals surface area (Å²) in [5.41, 5.74) is 1.09. The topological polar surface area (TPSA) is 37.8 Å². The van der Waals surface area contributed by atoms with Crippen molar-refractivity contribution in [3.63, 3.8) is 0 Å². The zero-order chi connectivity index (χ0) is 13.4. The zero-order valence-corrected chi connectivity index (χ0v) is 13.0. The lowest BCUT2D eigenvalue weighted by molar-refractivity contribution is 0.359. The molecule has 0 aliphatic carbocycles. The van der Waals surface area contributed by atoms with Crippen LogP contribution in [0.15, 0.2) is 0 Å². The number of nitrogens with zero attached hydrogens (tertiary/aromatic N) is 2. The summed E-state index contributed by atoms with van der Waals surface area (Å²) in [7, 11) is 0. The van der Waals surface area contributed by atoms with Crippen molar-refractivity contribution < 1.29 is 0 Å². The van der Waals surface area contributed by atoms with E-state index in [1.807, 2.05) is 0 Å². The number of nitrogens with one attached hydrogen (secondary N) is 1. The summed E-state index contributed by atoms with van der Waals surface area (Å²) in [4.78, 5) is 1.33. The minimum atomic E-state index is 0.441. The summed E-state index contributed by atoms with van der Waals surface area (Å²) in [6.45, 7) is 9.82. The molecule has 0 fully saturated rings. The van der Waals surface area contributed by atoms with Crippen molar-refractivity contribution in [2.45, 2.75) is 65.8 Å². The average Bonchev–Trinajstić information content (AvgIpc) is 2.79. The smallest absolute Gasteiger partial charge is 0.0772 e. The van der Waals surface area contributed by atoms with Crippen molar-refractivity contribution in [2.24, 2.45) is 5.92 Å². The molecule has 0 amide bonds. The second-order valence-corrected chi connectivity index (χ2v) is 5.77. The van der Waals surface area contributed by atoms with Gasteiger partial charge < -0.3 is 5.32 Å². The highest BCUT2D eigenvalue weighted by Crippen LogP contribution is 2.29. The molecule has 1 aromatic heterocycles. The normalized spacial score (nSPS) is 14.7. The largest absolute Gasteiger partial charge is 0.309 e. The maximum atomic E-state index is 4.14. The third-order valence-electron chi connectivity index (χ3n) is 3.57. The van der Waals surface area contributed by atoms with Gasteiger partial charge in [-0.15, -0.1) is 5.10 Å². The van der Waals surface area contributed by atoms with E-state index in [-0.39, 0.29) is 0 Å². The highest BCUT2D eigenvalue weighted by molar-refractivity contribution is 7.05. The van der Waals surface area contributed by atoms with Gasteiger partial charge in [0.15, 0.2) is 0 Å². The van der Waals surface area contributed by atoms with E-state index in [2.05, 4.69) is 42.6 Å². The van der Waals surface area contributed by atoms with Crippen LogP contribution in [-0.4, -0.2) is 16.1 Å². The molecule has 2 atom stereocenters. The second-order valence-electron chi connectivity index (χ2n) is 4.99. The molecule has 0 saturated heterocycles. The van der Waals surface area contributed by atoms with E-state index in [4.69, 9.17) is 0 Å². The van der Waals surface area contributed by atoms with Crippen LogP contribution in [0.4, 0.5) is 0 Å². The Labute approximate surface area is 116 Å². The molecule has 0 bridgehead atoms. The summed E-state index contributed by atoms with van der Waals surface area (Å²) in [6.07, 6.45) is 6.48. The van der Waals surface area contributed by atoms with Crippen LogP contribution in [0.3, 0.4) is 0 Å². The SMILES string of the molecule is CCCCC(CC)CC(NCC)c1snnc1C. The predicted molar refractivity (Wildman–Crippen MR) is 79.0 cm³/mol. The lowest BCUT2D eigenvalue weighted by atomic mass is 9.91. The van der Waals surface area contributed by atoms with Gasteiger partial charge in [0.1, 0.15) is 0 Å². The van der Waals surface area contributed by atoms with Gasteiger partial charge in [0.2, 0.25) is 0 Å². The minimum absolute atomic E-state index is 0.441. The van der Waals surface area contributed by atoms with Crippen molar-refractivity contribution in [1.29, 1.82) is 0 Å². The van der Waals surface area contributed by atoms with Gasteiger partial charge in [0.25, 0.3) is 0 Å². The van der Waals surface area contributed by atoms with Gasteiger partial charge in [-0.2, -0.15) is 0 Å². The molecule has 0 saturated carbocycles. The van der Waals surface area contributed by atoms with E-state index in [1.165, 1.54) is 37.0 Å². The Morgan fingerprint density at radius 1 is 1.28 bits per heavy atom. The summed E-state index contributed by atoms with van der Waals surface area (Å²) < 4.78 is 4.07. The van der Waals surface area contributed by atoms with E-state index in [9.17, 15) is 0 Å². The first kappa shape index (κ1) is 15.6. The number of hydrogen-bond acceptors (Lipinski definition) is 4. The molecule has 3 nitrogen and oxygen atoms in total. The molecule has 2 unspecified atom stereocenters. The Balaban J connectivity index is 2.64. The van der Waals surface area contributed by atoms with Crippen molar-refractivity contribution >= 4 is 11.5 Å². The van der Waals surface area contributed by atoms with Crippen LogP contribution < -0.4 is 5.32 Å². The lowest BCUT2D eigenvalue weighted by Crippen LogP contribution is -2.23. The van der Waals surface area contributed by atoms with Gasteiger partial charge in [-0.05, 0) is 37.3 Å². The summed E-state index contributed by atoms with van der Waals surface area (Å²) in [5, 5.41) is 7.74. The Morgan fingerprint density at radius 2 is 2.06 bits per heavy atom. The zero-order valence-electron chi connectivity index (χ0n) is 12.2. The maximum Gasteiger partial charge on any atom is 0.0772 e. The molecule has 1 heterocycles. The number of hydrogen-bond donors (Lipinski definition) is 1. The first-order chi connectivity index (χ1) is 8.72. The van der Waals surface area contributed by atoms with E-state index < -0.39 is 0 Å². The van der Waals surface area contributed by atoms with E-state index >= 15 is 0 Å². The third kappa shape index (κ3) is 4.65. The average molecular weight is 269 g/mol. The first-order valence-electron chi connectivity index (χ1n) is 7.25. The molecule has 0 radical (unpaired) electrons. The number of aryl methyl sites for hydroxylation is 1. The summed E-state index contributed by atoms with van der Waals surface area (Å²) in [5.74, 6) is 0.815. The van der Waals surface area contributed by atoms with E-state index in [0.29, 0.717) is 6.04 Å². The Bertz CT molecular complexity index is 325. The van der Waals surface area contributed by atoms with Gasteiger partial charge in [0, 0.05) is 6.04 Å². The Kier molecular flexibility index (Phi) is 7.44. The maximum absolute atomic E-state index is 4.14. The van der Waals surface area contributed by atoms with Gasteiger partial charge in [-0.25, -0.2) is 0 Å².